The number of anilines is 1. The van der Waals surface area contributed by atoms with E-state index in [-0.39, 0.29) is 0 Å². The van der Waals surface area contributed by atoms with E-state index < -0.39 is 0 Å². The van der Waals surface area contributed by atoms with Gasteiger partial charge in [0.05, 0.1) is 0 Å². The average molecular weight is 257 g/mol. The second-order valence-electron chi connectivity index (χ2n) is 5.60. The molecule has 1 N–H and O–H groups in total. The molecule has 1 saturated heterocycles. The summed E-state index contributed by atoms with van der Waals surface area (Å²) in [6, 6.07) is 7.56. The molecule has 102 valence electrons. The summed E-state index contributed by atoms with van der Waals surface area (Å²) in [5, 5.41) is 3.83. The summed E-state index contributed by atoms with van der Waals surface area (Å²) in [4.78, 5) is 6.84. The van der Waals surface area contributed by atoms with E-state index in [0.29, 0.717) is 12.1 Å². The molecule has 0 radical (unpaired) electrons. The minimum absolute atomic E-state index is 0.691. The molecule has 1 aromatic heterocycles. The Kier molecular flexibility index (Phi) is 4.13. The average Bonchev–Trinajstić information content (AvgIpc) is 2.50. The molecule has 1 aliphatic heterocycles. The fraction of sp³-hybridized carbons (Fsp3) is 0.562. The Morgan fingerprint density at radius 1 is 1.05 bits per heavy atom. The van der Waals surface area contributed by atoms with Crippen LogP contribution in [-0.2, 0) is 0 Å². The summed E-state index contributed by atoms with van der Waals surface area (Å²) >= 11 is 0. The van der Waals surface area contributed by atoms with Crippen LogP contribution < -0.4 is 10.2 Å². The van der Waals surface area contributed by atoms with Crippen LogP contribution in [0.1, 0.15) is 32.1 Å². The number of nitrogens with zero attached hydrogens (tertiary/aromatic N) is 2. The molecule has 0 aromatic carbocycles. The molecule has 0 spiro atoms. The highest BCUT2D eigenvalue weighted by molar-refractivity contribution is 5.38. The van der Waals surface area contributed by atoms with E-state index in [9.17, 15) is 0 Å². The highest BCUT2D eigenvalue weighted by atomic mass is 15.2. The molecule has 0 amide bonds. The molecule has 3 rings (SSSR count). The van der Waals surface area contributed by atoms with Gasteiger partial charge in [0.25, 0.3) is 0 Å². The smallest absolute Gasteiger partial charge is 0.128 e. The summed E-state index contributed by atoms with van der Waals surface area (Å²) < 4.78 is 0. The van der Waals surface area contributed by atoms with Gasteiger partial charge in [-0.3, -0.25) is 0 Å². The highest BCUT2D eigenvalue weighted by Crippen LogP contribution is 2.19. The summed E-state index contributed by atoms with van der Waals surface area (Å²) in [6.45, 7) is 2.24. The van der Waals surface area contributed by atoms with Crippen molar-refractivity contribution < 1.29 is 0 Å². The first-order chi connectivity index (χ1) is 9.42. The maximum atomic E-state index is 4.44. The zero-order chi connectivity index (χ0) is 12.9. The lowest BCUT2D eigenvalue weighted by Gasteiger charge is -2.35. The standard InChI is InChI=1S/C16H23N3/c1-2-6-14(7-3-1)18-15-9-12-19(13-10-15)16-8-4-5-11-17-16/h1-2,4-5,8,11,14-15,18H,3,6-7,9-10,12-13H2. The van der Waals surface area contributed by atoms with Gasteiger partial charge in [0.2, 0.25) is 0 Å². The second kappa shape index (κ2) is 6.20. The molecule has 0 bridgehead atoms. The number of hydrogen-bond donors (Lipinski definition) is 1. The molecule has 2 heterocycles. The van der Waals surface area contributed by atoms with Gasteiger partial charge in [0, 0.05) is 31.4 Å². The zero-order valence-electron chi connectivity index (χ0n) is 11.5. The number of pyridine rings is 1. The number of aromatic nitrogens is 1. The van der Waals surface area contributed by atoms with Crippen LogP contribution in [0.5, 0.6) is 0 Å². The Balaban J connectivity index is 1.48. The molecule has 1 fully saturated rings. The quantitative estimate of drug-likeness (QED) is 0.844. The van der Waals surface area contributed by atoms with E-state index in [4.69, 9.17) is 0 Å². The van der Waals surface area contributed by atoms with Crippen LogP contribution in [0, 0.1) is 0 Å². The Bertz CT molecular complexity index is 407. The SMILES string of the molecule is C1=CCC(NC2CCN(c3ccccn3)CC2)CC1. The summed E-state index contributed by atoms with van der Waals surface area (Å²) in [6.07, 6.45) is 12.7. The molecule has 2 aliphatic rings. The van der Waals surface area contributed by atoms with Crippen molar-refractivity contribution in [3.8, 4) is 0 Å². The number of piperidine rings is 1. The van der Waals surface area contributed by atoms with Crippen molar-refractivity contribution in [1.82, 2.24) is 10.3 Å². The van der Waals surface area contributed by atoms with Crippen molar-refractivity contribution >= 4 is 5.82 Å². The maximum Gasteiger partial charge on any atom is 0.128 e. The monoisotopic (exact) mass is 257 g/mol. The molecule has 3 heteroatoms. The Hall–Kier alpha value is -1.35. The van der Waals surface area contributed by atoms with E-state index >= 15 is 0 Å². The van der Waals surface area contributed by atoms with Crippen molar-refractivity contribution in [2.75, 3.05) is 18.0 Å². The van der Waals surface area contributed by atoms with Gasteiger partial charge in [-0.15, -0.1) is 0 Å². The summed E-state index contributed by atoms with van der Waals surface area (Å²) in [5.41, 5.74) is 0. The van der Waals surface area contributed by atoms with E-state index in [1.54, 1.807) is 0 Å². The van der Waals surface area contributed by atoms with Crippen molar-refractivity contribution in [2.45, 2.75) is 44.2 Å². The predicted octanol–water partition coefficient (Wildman–Crippen LogP) is 2.75. The third kappa shape index (κ3) is 3.35. The first kappa shape index (κ1) is 12.7. The number of rotatable bonds is 3. The van der Waals surface area contributed by atoms with Crippen LogP contribution in [0.4, 0.5) is 5.82 Å². The molecular formula is C16H23N3. The molecular weight excluding hydrogens is 234 g/mol. The molecule has 1 atom stereocenters. The zero-order valence-corrected chi connectivity index (χ0v) is 11.5. The van der Waals surface area contributed by atoms with E-state index in [1.807, 2.05) is 12.3 Å². The maximum absolute atomic E-state index is 4.44. The Morgan fingerprint density at radius 3 is 2.63 bits per heavy atom. The van der Waals surface area contributed by atoms with Gasteiger partial charge in [-0.1, -0.05) is 18.2 Å². The first-order valence-corrected chi connectivity index (χ1v) is 7.49. The van der Waals surface area contributed by atoms with Gasteiger partial charge >= 0.3 is 0 Å². The minimum Gasteiger partial charge on any atom is -0.357 e. The molecule has 1 aliphatic carbocycles. The van der Waals surface area contributed by atoms with Gasteiger partial charge in [-0.05, 0) is 44.2 Å². The van der Waals surface area contributed by atoms with Crippen LogP contribution in [0.3, 0.4) is 0 Å². The van der Waals surface area contributed by atoms with Crippen LogP contribution >= 0.6 is 0 Å². The fourth-order valence-corrected chi connectivity index (χ4v) is 3.09. The molecule has 3 nitrogen and oxygen atoms in total. The number of allylic oxidation sites excluding steroid dienone is 1. The van der Waals surface area contributed by atoms with Gasteiger partial charge in [0.1, 0.15) is 5.82 Å². The van der Waals surface area contributed by atoms with Crippen LogP contribution in [-0.4, -0.2) is 30.2 Å². The lowest BCUT2D eigenvalue weighted by molar-refractivity contribution is 0.351. The fourth-order valence-electron chi connectivity index (χ4n) is 3.09. The summed E-state index contributed by atoms with van der Waals surface area (Å²) in [7, 11) is 0. The molecule has 0 saturated carbocycles. The second-order valence-corrected chi connectivity index (χ2v) is 5.60. The highest BCUT2D eigenvalue weighted by Gasteiger charge is 2.22. The van der Waals surface area contributed by atoms with Crippen molar-refractivity contribution in [3.63, 3.8) is 0 Å². The third-order valence-corrected chi connectivity index (χ3v) is 4.21. The Labute approximate surface area is 115 Å². The van der Waals surface area contributed by atoms with E-state index in [2.05, 4.69) is 39.5 Å². The largest absolute Gasteiger partial charge is 0.357 e. The third-order valence-electron chi connectivity index (χ3n) is 4.21. The van der Waals surface area contributed by atoms with Gasteiger partial charge in [-0.2, -0.15) is 0 Å². The Morgan fingerprint density at radius 2 is 1.95 bits per heavy atom. The van der Waals surface area contributed by atoms with E-state index in [0.717, 1.165) is 18.9 Å². The first-order valence-electron chi connectivity index (χ1n) is 7.49. The van der Waals surface area contributed by atoms with Crippen molar-refractivity contribution in [3.05, 3.63) is 36.5 Å². The molecule has 1 unspecified atom stereocenters. The molecule has 19 heavy (non-hydrogen) atoms. The van der Waals surface area contributed by atoms with Crippen LogP contribution in [0.2, 0.25) is 0 Å². The van der Waals surface area contributed by atoms with Crippen molar-refractivity contribution in [2.24, 2.45) is 0 Å². The van der Waals surface area contributed by atoms with Crippen LogP contribution in [0.25, 0.3) is 0 Å². The molecule has 1 aromatic rings. The van der Waals surface area contributed by atoms with Gasteiger partial charge in [0.15, 0.2) is 0 Å². The predicted molar refractivity (Wildman–Crippen MR) is 79.4 cm³/mol. The van der Waals surface area contributed by atoms with Gasteiger partial charge < -0.3 is 10.2 Å². The van der Waals surface area contributed by atoms with Crippen LogP contribution in [0.15, 0.2) is 36.5 Å². The minimum atomic E-state index is 0.691. The van der Waals surface area contributed by atoms with Crippen molar-refractivity contribution in [1.29, 1.82) is 0 Å². The summed E-state index contributed by atoms with van der Waals surface area (Å²) in [5.74, 6) is 1.13. The number of nitrogens with one attached hydrogen (secondary N) is 1. The van der Waals surface area contributed by atoms with E-state index in [1.165, 1.54) is 32.1 Å². The van der Waals surface area contributed by atoms with Gasteiger partial charge in [-0.25, -0.2) is 4.98 Å². The number of hydrogen-bond acceptors (Lipinski definition) is 3. The lowest BCUT2D eigenvalue weighted by atomic mass is 9.98. The topological polar surface area (TPSA) is 28.2 Å². The lowest BCUT2D eigenvalue weighted by Crippen LogP contribution is -2.46. The normalized spacial score (nSPS) is 24.6.